The van der Waals surface area contributed by atoms with Crippen LogP contribution in [-0.2, 0) is 14.3 Å². The van der Waals surface area contributed by atoms with Crippen LogP contribution in [0.25, 0.3) is 0 Å². The Bertz CT molecular complexity index is 712. The molecule has 3 rings (SSSR count). The lowest BCUT2D eigenvalue weighted by molar-refractivity contribution is -0.148. The van der Waals surface area contributed by atoms with Crippen LogP contribution in [0, 0.1) is 17.8 Å². The average Bonchev–Trinajstić information content (AvgIpc) is 3.31. The van der Waals surface area contributed by atoms with Crippen molar-refractivity contribution >= 4 is 23.5 Å². The highest BCUT2D eigenvalue weighted by Gasteiger charge is 2.40. The number of carbonyl (C=O) groups is 3. The van der Waals surface area contributed by atoms with Gasteiger partial charge in [0, 0.05) is 30.8 Å². The first-order chi connectivity index (χ1) is 13.5. The van der Waals surface area contributed by atoms with Crippen molar-refractivity contribution in [3.63, 3.8) is 0 Å². The monoisotopic (exact) mass is 386 g/mol. The number of nitrogens with one attached hydrogen (secondary N) is 1. The molecule has 2 saturated carbocycles. The summed E-state index contributed by atoms with van der Waals surface area (Å²) >= 11 is 0. The van der Waals surface area contributed by atoms with E-state index in [9.17, 15) is 14.4 Å². The normalized spacial score (nSPS) is 22.7. The molecule has 2 aliphatic carbocycles. The van der Waals surface area contributed by atoms with Crippen LogP contribution in [-0.4, -0.2) is 42.4 Å². The third kappa shape index (κ3) is 4.91. The molecule has 2 bridgehead atoms. The minimum absolute atomic E-state index is 0.0302. The second-order valence-electron chi connectivity index (χ2n) is 7.90. The molecule has 28 heavy (non-hydrogen) atoms. The zero-order valence-electron chi connectivity index (χ0n) is 16.8. The molecule has 2 amide bonds. The number of ether oxygens (including phenoxy) is 1. The Labute approximate surface area is 166 Å². The van der Waals surface area contributed by atoms with Crippen LogP contribution in [0.15, 0.2) is 24.3 Å². The highest BCUT2D eigenvalue weighted by atomic mass is 16.5. The first-order valence-electron chi connectivity index (χ1n) is 10.3. The molecule has 3 atom stereocenters. The van der Waals surface area contributed by atoms with Crippen LogP contribution in [0.4, 0.5) is 5.69 Å². The Balaban J connectivity index is 1.42. The number of carbonyl (C=O) groups excluding carboxylic acids is 3. The van der Waals surface area contributed by atoms with Crippen LogP contribution in [0.3, 0.4) is 0 Å². The number of hydrogen-bond acceptors (Lipinski definition) is 4. The van der Waals surface area contributed by atoms with E-state index < -0.39 is 0 Å². The topological polar surface area (TPSA) is 75.7 Å². The van der Waals surface area contributed by atoms with Crippen LogP contribution in [0.1, 0.15) is 56.3 Å². The molecule has 1 aromatic carbocycles. The van der Waals surface area contributed by atoms with E-state index in [2.05, 4.69) is 5.32 Å². The van der Waals surface area contributed by atoms with Gasteiger partial charge in [0.15, 0.2) is 6.61 Å². The van der Waals surface area contributed by atoms with Gasteiger partial charge in [-0.15, -0.1) is 0 Å². The summed E-state index contributed by atoms with van der Waals surface area (Å²) in [5, 5.41) is 2.70. The fourth-order valence-corrected chi connectivity index (χ4v) is 4.63. The summed E-state index contributed by atoms with van der Waals surface area (Å²) in [6.07, 6.45) is 5.35. The zero-order chi connectivity index (χ0) is 20.1. The number of hydrogen-bond donors (Lipinski definition) is 1. The summed E-state index contributed by atoms with van der Waals surface area (Å²) in [7, 11) is 0. The average molecular weight is 386 g/mol. The minimum atomic E-state index is -0.371. The molecule has 152 valence electrons. The molecule has 0 unspecified atom stereocenters. The predicted molar refractivity (Wildman–Crippen MR) is 107 cm³/mol. The molecule has 0 aliphatic heterocycles. The lowest BCUT2D eigenvalue weighted by Gasteiger charge is -2.20. The number of amides is 2. The predicted octanol–water partition coefficient (Wildman–Crippen LogP) is 3.48. The minimum Gasteiger partial charge on any atom is -0.456 e. The Hall–Kier alpha value is -2.37. The van der Waals surface area contributed by atoms with Crippen molar-refractivity contribution in [3.8, 4) is 0 Å². The van der Waals surface area contributed by atoms with Gasteiger partial charge in [-0.1, -0.05) is 6.42 Å². The number of fused-ring (bicyclic) bond motifs is 2. The summed E-state index contributed by atoms with van der Waals surface area (Å²) in [6, 6.07) is 6.76. The maximum absolute atomic E-state index is 12.3. The molecular formula is C22H30N2O4. The zero-order valence-corrected chi connectivity index (χ0v) is 16.8. The van der Waals surface area contributed by atoms with Crippen molar-refractivity contribution < 1.29 is 19.1 Å². The van der Waals surface area contributed by atoms with Crippen LogP contribution >= 0.6 is 0 Å². The van der Waals surface area contributed by atoms with Gasteiger partial charge in [0.1, 0.15) is 0 Å². The molecule has 0 radical (unpaired) electrons. The van der Waals surface area contributed by atoms with E-state index >= 15 is 0 Å². The number of anilines is 1. The number of rotatable bonds is 8. The SMILES string of the molecule is CCN(CC)C(=O)c1ccc(NC(=O)COC(=O)C[C@@H]2C[C@@H]3CC[C@@H]2C3)cc1. The smallest absolute Gasteiger partial charge is 0.306 e. The van der Waals surface area contributed by atoms with Gasteiger partial charge in [0.05, 0.1) is 0 Å². The van der Waals surface area contributed by atoms with Gasteiger partial charge >= 0.3 is 5.97 Å². The van der Waals surface area contributed by atoms with Crippen LogP contribution in [0.2, 0.25) is 0 Å². The van der Waals surface area contributed by atoms with E-state index in [1.165, 1.54) is 19.3 Å². The fourth-order valence-electron chi connectivity index (χ4n) is 4.63. The van der Waals surface area contributed by atoms with Gasteiger partial charge in [0.2, 0.25) is 0 Å². The Morgan fingerprint density at radius 2 is 1.79 bits per heavy atom. The molecule has 1 N–H and O–H groups in total. The first kappa shape index (κ1) is 20.4. The quantitative estimate of drug-likeness (QED) is 0.694. The van der Waals surface area contributed by atoms with Gasteiger partial charge in [-0.2, -0.15) is 0 Å². The van der Waals surface area contributed by atoms with Crippen LogP contribution in [0.5, 0.6) is 0 Å². The van der Waals surface area contributed by atoms with Gasteiger partial charge in [-0.05, 0) is 75.1 Å². The van der Waals surface area contributed by atoms with Crippen molar-refractivity contribution in [1.82, 2.24) is 4.90 Å². The highest BCUT2D eigenvalue weighted by molar-refractivity contribution is 5.96. The third-order valence-electron chi connectivity index (χ3n) is 6.14. The van der Waals surface area contributed by atoms with E-state index in [-0.39, 0.29) is 24.4 Å². The number of esters is 1. The van der Waals surface area contributed by atoms with Crippen molar-refractivity contribution in [1.29, 1.82) is 0 Å². The summed E-state index contributed by atoms with van der Waals surface area (Å²) in [5.74, 6) is 1.21. The van der Waals surface area contributed by atoms with Crippen molar-refractivity contribution in [2.75, 3.05) is 25.0 Å². The molecule has 0 aromatic heterocycles. The second kappa shape index (κ2) is 9.22. The molecule has 1 aromatic rings. The third-order valence-corrected chi connectivity index (χ3v) is 6.14. The lowest BCUT2D eigenvalue weighted by Crippen LogP contribution is -2.30. The molecule has 0 heterocycles. The van der Waals surface area contributed by atoms with E-state index in [1.54, 1.807) is 29.2 Å². The van der Waals surface area contributed by atoms with Crippen molar-refractivity contribution in [3.05, 3.63) is 29.8 Å². The summed E-state index contributed by atoms with van der Waals surface area (Å²) in [5.41, 5.74) is 1.16. The Morgan fingerprint density at radius 3 is 2.36 bits per heavy atom. The van der Waals surface area contributed by atoms with Gasteiger partial charge in [-0.3, -0.25) is 14.4 Å². The highest BCUT2D eigenvalue weighted by Crippen LogP contribution is 2.49. The van der Waals surface area contributed by atoms with E-state index in [1.807, 2.05) is 13.8 Å². The summed E-state index contributed by atoms with van der Waals surface area (Å²) in [4.78, 5) is 38.1. The summed E-state index contributed by atoms with van der Waals surface area (Å²) in [6.45, 7) is 4.91. The van der Waals surface area contributed by atoms with E-state index in [4.69, 9.17) is 4.74 Å². The lowest BCUT2D eigenvalue weighted by atomic mass is 9.86. The van der Waals surface area contributed by atoms with Crippen molar-refractivity contribution in [2.24, 2.45) is 17.8 Å². The van der Waals surface area contributed by atoms with Crippen LogP contribution < -0.4 is 5.32 Å². The maximum Gasteiger partial charge on any atom is 0.306 e. The molecule has 6 nitrogen and oxygen atoms in total. The van der Waals surface area contributed by atoms with Crippen molar-refractivity contribution in [2.45, 2.75) is 46.0 Å². The molecule has 0 saturated heterocycles. The maximum atomic E-state index is 12.3. The second-order valence-corrected chi connectivity index (χ2v) is 7.90. The largest absolute Gasteiger partial charge is 0.456 e. The standard InChI is InChI=1S/C22H30N2O4/c1-3-24(4-2)22(27)16-7-9-19(10-8-16)23-20(25)14-28-21(26)13-18-12-15-5-6-17(18)11-15/h7-10,15,17-18H,3-6,11-14H2,1-2H3,(H,23,25)/t15-,17-,18+/m1/s1. The molecule has 2 aliphatic rings. The fraction of sp³-hybridized carbons (Fsp3) is 0.591. The Kier molecular flexibility index (Phi) is 6.70. The van der Waals surface area contributed by atoms with Gasteiger partial charge in [-0.25, -0.2) is 0 Å². The number of nitrogens with zero attached hydrogens (tertiary/aromatic N) is 1. The van der Waals surface area contributed by atoms with Gasteiger partial charge < -0.3 is 15.0 Å². The first-order valence-corrected chi connectivity index (χ1v) is 10.3. The molecule has 2 fully saturated rings. The van der Waals surface area contributed by atoms with E-state index in [0.29, 0.717) is 42.6 Å². The van der Waals surface area contributed by atoms with E-state index in [0.717, 1.165) is 12.3 Å². The molecular weight excluding hydrogens is 356 g/mol. The molecule has 0 spiro atoms. The Morgan fingerprint density at radius 1 is 1.07 bits per heavy atom. The number of benzene rings is 1. The molecule has 6 heteroatoms. The summed E-state index contributed by atoms with van der Waals surface area (Å²) < 4.78 is 5.16. The van der Waals surface area contributed by atoms with Gasteiger partial charge in [0.25, 0.3) is 11.8 Å².